The van der Waals surface area contributed by atoms with Gasteiger partial charge in [-0.2, -0.15) is 5.10 Å². The molecule has 0 aliphatic heterocycles. The number of fused-ring (bicyclic) bond motifs is 1. The highest BCUT2D eigenvalue weighted by atomic mass is 16.3. The molecule has 0 saturated carbocycles. The average molecular weight is 271 g/mol. The van der Waals surface area contributed by atoms with Crippen molar-refractivity contribution in [3.63, 3.8) is 0 Å². The summed E-state index contributed by atoms with van der Waals surface area (Å²) in [6.45, 7) is 1.32. The Balaban J connectivity index is 1.68. The van der Waals surface area contributed by atoms with Gasteiger partial charge in [0.05, 0.1) is 6.20 Å². The summed E-state index contributed by atoms with van der Waals surface area (Å²) in [5, 5.41) is 18.4. The molecule has 1 aromatic heterocycles. The number of benzene rings is 1. The lowest BCUT2D eigenvalue weighted by atomic mass is 9.79. The van der Waals surface area contributed by atoms with Crippen LogP contribution in [0.1, 0.15) is 29.5 Å². The van der Waals surface area contributed by atoms with E-state index < -0.39 is 5.60 Å². The molecule has 4 heteroatoms. The van der Waals surface area contributed by atoms with Crippen molar-refractivity contribution in [1.82, 2.24) is 15.1 Å². The van der Waals surface area contributed by atoms with E-state index in [9.17, 15) is 5.11 Å². The van der Waals surface area contributed by atoms with Crippen molar-refractivity contribution in [1.29, 1.82) is 0 Å². The zero-order chi connectivity index (χ0) is 14.0. The third-order valence-corrected chi connectivity index (χ3v) is 4.06. The highest BCUT2D eigenvalue weighted by molar-refractivity contribution is 5.35. The standard InChI is InChI=1S/C16H21N3O/c1-19-11-13(10-18-19)9-17-12-16(20)8-4-6-14-5-2-3-7-15(14)16/h2-3,5,7,10-11,17,20H,4,6,8-9,12H2,1H3. The van der Waals surface area contributed by atoms with E-state index in [2.05, 4.69) is 22.5 Å². The number of aryl methyl sites for hydroxylation is 2. The number of nitrogens with one attached hydrogen (secondary N) is 1. The largest absolute Gasteiger partial charge is 0.384 e. The van der Waals surface area contributed by atoms with E-state index >= 15 is 0 Å². The minimum absolute atomic E-state index is 0.582. The maximum absolute atomic E-state index is 10.9. The normalized spacial score (nSPS) is 21.7. The lowest BCUT2D eigenvalue weighted by molar-refractivity contribution is 0.0189. The van der Waals surface area contributed by atoms with Crippen LogP contribution in [0, 0.1) is 0 Å². The summed E-state index contributed by atoms with van der Waals surface area (Å²) in [4.78, 5) is 0. The number of hydrogen-bond acceptors (Lipinski definition) is 3. The van der Waals surface area contributed by atoms with Crippen LogP contribution >= 0.6 is 0 Å². The molecule has 1 aliphatic rings. The molecule has 4 nitrogen and oxygen atoms in total. The maximum Gasteiger partial charge on any atom is 0.102 e. The van der Waals surface area contributed by atoms with Crippen molar-refractivity contribution in [2.75, 3.05) is 6.54 Å². The lowest BCUT2D eigenvalue weighted by Crippen LogP contribution is -2.40. The van der Waals surface area contributed by atoms with Gasteiger partial charge in [-0.1, -0.05) is 24.3 Å². The fourth-order valence-corrected chi connectivity index (χ4v) is 3.06. The highest BCUT2D eigenvalue weighted by Crippen LogP contribution is 2.34. The smallest absolute Gasteiger partial charge is 0.102 e. The van der Waals surface area contributed by atoms with Gasteiger partial charge in [-0.3, -0.25) is 4.68 Å². The Labute approximate surface area is 119 Å². The Bertz CT molecular complexity index is 593. The molecule has 20 heavy (non-hydrogen) atoms. The molecule has 1 heterocycles. The molecule has 0 fully saturated rings. The molecule has 1 aliphatic carbocycles. The van der Waals surface area contributed by atoms with Gasteiger partial charge in [0, 0.05) is 31.9 Å². The summed E-state index contributed by atoms with van der Waals surface area (Å²) in [5.74, 6) is 0. The number of rotatable bonds is 4. The van der Waals surface area contributed by atoms with Crippen LogP contribution in [0.4, 0.5) is 0 Å². The van der Waals surface area contributed by atoms with E-state index in [-0.39, 0.29) is 0 Å². The number of aromatic nitrogens is 2. The van der Waals surface area contributed by atoms with E-state index in [4.69, 9.17) is 0 Å². The highest BCUT2D eigenvalue weighted by Gasteiger charge is 2.33. The monoisotopic (exact) mass is 271 g/mol. The molecule has 106 valence electrons. The summed E-state index contributed by atoms with van der Waals surface area (Å²) >= 11 is 0. The van der Waals surface area contributed by atoms with Crippen LogP contribution in [0.2, 0.25) is 0 Å². The summed E-state index contributed by atoms with van der Waals surface area (Å²) in [7, 11) is 1.91. The van der Waals surface area contributed by atoms with Crippen molar-refractivity contribution >= 4 is 0 Å². The lowest BCUT2D eigenvalue weighted by Gasteiger charge is -2.34. The van der Waals surface area contributed by atoms with Gasteiger partial charge in [-0.15, -0.1) is 0 Å². The second-order valence-corrected chi connectivity index (χ2v) is 5.67. The van der Waals surface area contributed by atoms with E-state index in [1.807, 2.05) is 31.6 Å². The molecule has 0 radical (unpaired) electrons. The van der Waals surface area contributed by atoms with Crippen LogP contribution in [0.3, 0.4) is 0 Å². The van der Waals surface area contributed by atoms with Gasteiger partial charge in [-0.05, 0) is 30.4 Å². The van der Waals surface area contributed by atoms with Crippen LogP contribution in [-0.2, 0) is 25.6 Å². The Morgan fingerprint density at radius 3 is 3.05 bits per heavy atom. The van der Waals surface area contributed by atoms with Crippen LogP contribution in [0.5, 0.6) is 0 Å². The Kier molecular flexibility index (Phi) is 3.59. The van der Waals surface area contributed by atoms with Crippen LogP contribution in [0.25, 0.3) is 0 Å². The number of nitrogens with zero attached hydrogens (tertiary/aromatic N) is 2. The third-order valence-electron chi connectivity index (χ3n) is 4.06. The molecule has 1 unspecified atom stereocenters. The molecule has 2 aromatic rings. The van der Waals surface area contributed by atoms with Gasteiger partial charge >= 0.3 is 0 Å². The molecule has 3 rings (SSSR count). The quantitative estimate of drug-likeness (QED) is 0.890. The SMILES string of the molecule is Cn1cc(CNCC2(O)CCCc3ccccc32)cn1. The molecular formula is C16H21N3O. The summed E-state index contributed by atoms with van der Waals surface area (Å²) < 4.78 is 1.79. The Morgan fingerprint density at radius 2 is 2.25 bits per heavy atom. The topological polar surface area (TPSA) is 50.1 Å². The molecule has 0 spiro atoms. The first-order chi connectivity index (χ1) is 9.67. The number of hydrogen-bond donors (Lipinski definition) is 2. The van der Waals surface area contributed by atoms with Crippen molar-refractivity contribution in [3.8, 4) is 0 Å². The molecule has 1 aromatic carbocycles. The molecular weight excluding hydrogens is 250 g/mol. The van der Waals surface area contributed by atoms with Crippen molar-refractivity contribution < 1.29 is 5.11 Å². The summed E-state index contributed by atoms with van der Waals surface area (Å²) in [5.41, 5.74) is 2.77. The predicted octanol–water partition coefficient (Wildman–Crippen LogP) is 1.73. The number of aliphatic hydroxyl groups is 1. The van der Waals surface area contributed by atoms with Crippen LogP contribution in [0.15, 0.2) is 36.7 Å². The minimum Gasteiger partial charge on any atom is -0.384 e. The second-order valence-electron chi connectivity index (χ2n) is 5.67. The first kappa shape index (κ1) is 13.3. The zero-order valence-corrected chi connectivity index (χ0v) is 11.8. The van der Waals surface area contributed by atoms with Gasteiger partial charge in [0.15, 0.2) is 0 Å². The van der Waals surface area contributed by atoms with Gasteiger partial charge in [0.25, 0.3) is 0 Å². The Morgan fingerprint density at radius 1 is 1.40 bits per heavy atom. The second kappa shape index (κ2) is 5.38. The van der Waals surface area contributed by atoms with Crippen LogP contribution in [-0.4, -0.2) is 21.4 Å². The molecule has 1 atom stereocenters. The fourth-order valence-electron chi connectivity index (χ4n) is 3.06. The molecule has 0 bridgehead atoms. The minimum atomic E-state index is -0.739. The van der Waals surface area contributed by atoms with Crippen molar-refractivity contribution in [2.45, 2.75) is 31.4 Å². The van der Waals surface area contributed by atoms with E-state index in [1.54, 1.807) is 4.68 Å². The van der Waals surface area contributed by atoms with E-state index in [0.29, 0.717) is 6.54 Å². The van der Waals surface area contributed by atoms with Gasteiger partial charge in [0.1, 0.15) is 5.60 Å². The van der Waals surface area contributed by atoms with Crippen molar-refractivity contribution in [2.24, 2.45) is 7.05 Å². The van der Waals surface area contributed by atoms with Crippen LogP contribution < -0.4 is 5.32 Å². The van der Waals surface area contributed by atoms with Gasteiger partial charge in [-0.25, -0.2) is 0 Å². The van der Waals surface area contributed by atoms with Gasteiger partial charge < -0.3 is 10.4 Å². The molecule has 2 N–H and O–H groups in total. The van der Waals surface area contributed by atoms with Crippen molar-refractivity contribution in [3.05, 3.63) is 53.3 Å². The van der Waals surface area contributed by atoms with E-state index in [1.165, 1.54) is 5.56 Å². The maximum atomic E-state index is 10.9. The molecule has 0 amide bonds. The first-order valence-corrected chi connectivity index (χ1v) is 7.16. The fraction of sp³-hybridized carbons (Fsp3) is 0.438. The summed E-state index contributed by atoms with van der Waals surface area (Å²) in [6.07, 6.45) is 6.78. The van der Waals surface area contributed by atoms with E-state index in [0.717, 1.165) is 36.9 Å². The van der Waals surface area contributed by atoms with Gasteiger partial charge in [0.2, 0.25) is 0 Å². The summed E-state index contributed by atoms with van der Waals surface area (Å²) in [6, 6.07) is 8.24. The third kappa shape index (κ3) is 2.62. The zero-order valence-electron chi connectivity index (χ0n) is 11.8. The predicted molar refractivity (Wildman–Crippen MR) is 78.2 cm³/mol. The molecule has 0 saturated heterocycles. The Hall–Kier alpha value is -1.65. The first-order valence-electron chi connectivity index (χ1n) is 7.16. The average Bonchev–Trinajstić information content (AvgIpc) is 2.85.